The molecular weight excluding hydrogens is 340 g/mol. The molecule has 1 amide bonds. The monoisotopic (exact) mass is 368 g/mol. The lowest BCUT2D eigenvalue weighted by Gasteiger charge is -2.35. The number of rotatable bonds is 4. The molecule has 4 rings (SSSR count). The zero-order chi connectivity index (χ0) is 19.2. The van der Waals surface area contributed by atoms with E-state index in [1.165, 1.54) is 0 Å². The molecule has 1 aliphatic carbocycles. The summed E-state index contributed by atoms with van der Waals surface area (Å²) in [7, 11) is 1.78. The van der Waals surface area contributed by atoms with Gasteiger partial charge in [-0.05, 0) is 44.4 Å². The third-order valence-corrected chi connectivity index (χ3v) is 5.80. The van der Waals surface area contributed by atoms with Gasteiger partial charge in [0.15, 0.2) is 0 Å². The highest BCUT2D eigenvalue weighted by molar-refractivity contribution is 6.07. The van der Waals surface area contributed by atoms with Crippen LogP contribution in [0.25, 0.3) is 10.9 Å². The van der Waals surface area contributed by atoms with Gasteiger partial charge in [0, 0.05) is 56.6 Å². The molecule has 1 saturated carbocycles. The molecule has 0 spiro atoms. The number of carbonyl (C=O) groups excluding carboxylic acids is 1. The third kappa shape index (κ3) is 3.71. The van der Waals surface area contributed by atoms with Crippen molar-refractivity contribution in [1.82, 2.24) is 9.88 Å². The van der Waals surface area contributed by atoms with E-state index in [0.717, 1.165) is 40.6 Å². The first-order chi connectivity index (χ1) is 12.9. The highest BCUT2D eigenvalue weighted by atomic mass is 16.5. The quantitative estimate of drug-likeness (QED) is 0.899. The summed E-state index contributed by atoms with van der Waals surface area (Å²) in [5, 5.41) is 11.7. The van der Waals surface area contributed by atoms with Crippen molar-refractivity contribution in [3.8, 4) is 0 Å². The maximum Gasteiger partial charge on any atom is 0.254 e. The van der Waals surface area contributed by atoms with Gasteiger partial charge in [0.1, 0.15) is 0 Å². The predicted octanol–water partition coefficient (Wildman–Crippen LogP) is 3.34. The summed E-state index contributed by atoms with van der Waals surface area (Å²) < 4.78 is 5.35. The SMILES string of the molecule is Cc1cc(C)c2nc(C3CC3)cc(C(=O)N(C)CC3(O)CCOCC3)c2c1. The van der Waals surface area contributed by atoms with E-state index in [4.69, 9.17) is 9.72 Å². The summed E-state index contributed by atoms with van der Waals surface area (Å²) in [6.45, 7) is 5.51. The normalized spacial score (nSPS) is 19.3. The average molecular weight is 368 g/mol. The minimum atomic E-state index is -0.864. The second-order valence-corrected chi connectivity index (χ2v) is 8.34. The summed E-state index contributed by atoms with van der Waals surface area (Å²) in [4.78, 5) is 19.9. The van der Waals surface area contributed by atoms with E-state index in [0.29, 0.717) is 44.1 Å². The summed E-state index contributed by atoms with van der Waals surface area (Å²) in [5.74, 6) is 0.431. The van der Waals surface area contributed by atoms with Crippen LogP contribution in [0.4, 0.5) is 0 Å². The highest BCUT2D eigenvalue weighted by Crippen LogP contribution is 2.40. The number of aliphatic hydroxyl groups is 1. The fourth-order valence-electron chi connectivity index (χ4n) is 4.09. The summed E-state index contributed by atoms with van der Waals surface area (Å²) >= 11 is 0. The zero-order valence-corrected chi connectivity index (χ0v) is 16.4. The number of pyridine rings is 1. The van der Waals surface area contributed by atoms with Crippen LogP contribution in [0.5, 0.6) is 0 Å². The van der Waals surface area contributed by atoms with Crippen LogP contribution in [0.15, 0.2) is 18.2 Å². The second kappa shape index (κ2) is 6.88. The van der Waals surface area contributed by atoms with Gasteiger partial charge in [0.2, 0.25) is 0 Å². The molecule has 27 heavy (non-hydrogen) atoms. The molecular formula is C22H28N2O3. The number of amides is 1. The molecule has 0 atom stereocenters. The number of nitrogens with zero attached hydrogens (tertiary/aromatic N) is 2. The van der Waals surface area contributed by atoms with E-state index in [9.17, 15) is 9.90 Å². The molecule has 2 aliphatic rings. The van der Waals surface area contributed by atoms with Crippen molar-refractivity contribution in [3.05, 3.63) is 40.6 Å². The average Bonchev–Trinajstić information content (AvgIpc) is 3.45. The molecule has 1 N–H and O–H groups in total. The number of ether oxygens (including phenoxy) is 1. The molecule has 1 aromatic carbocycles. The summed E-state index contributed by atoms with van der Waals surface area (Å²) in [5.41, 5.74) is 4.01. The standard InChI is InChI=1S/C22H28N2O3/c1-14-10-15(2)20-17(11-14)18(12-19(23-20)16-4-5-16)21(25)24(3)13-22(26)6-8-27-9-7-22/h10-12,16,26H,4-9,13H2,1-3H3. The van der Waals surface area contributed by atoms with E-state index >= 15 is 0 Å². The van der Waals surface area contributed by atoms with Gasteiger partial charge in [-0.3, -0.25) is 9.78 Å². The van der Waals surface area contributed by atoms with Crippen molar-refractivity contribution < 1.29 is 14.6 Å². The highest BCUT2D eigenvalue weighted by Gasteiger charge is 2.33. The molecule has 2 aromatic rings. The molecule has 1 saturated heterocycles. The van der Waals surface area contributed by atoms with Crippen LogP contribution in [0.2, 0.25) is 0 Å². The van der Waals surface area contributed by atoms with Gasteiger partial charge in [-0.1, -0.05) is 11.6 Å². The molecule has 5 heteroatoms. The van der Waals surface area contributed by atoms with Crippen LogP contribution >= 0.6 is 0 Å². The number of aryl methyl sites for hydroxylation is 2. The summed E-state index contributed by atoms with van der Waals surface area (Å²) in [6.07, 6.45) is 3.42. The lowest BCUT2D eigenvalue weighted by molar-refractivity contribution is -0.0734. The number of hydrogen-bond acceptors (Lipinski definition) is 4. The van der Waals surface area contributed by atoms with Crippen molar-refractivity contribution in [2.45, 2.75) is 51.0 Å². The first-order valence-electron chi connectivity index (χ1n) is 9.84. The largest absolute Gasteiger partial charge is 0.388 e. The zero-order valence-electron chi connectivity index (χ0n) is 16.4. The Balaban J connectivity index is 1.71. The molecule has 144 valence electrons. The van der Waals surface area contributed by atoms with Crippen molar-refractivity contribution in [2.24, 2.45) is 0 Å². The molecule has 0 unspecified atom stereocenters. The maximum absolute atomic E-state index is 13.3. The van der Waals surface area contributed by atoms with E-state index in [1.54, 1.807) is 11.9 Å². The smallest absolute Gasteiger partial charge is 0.254 e. The van der Waals surface area contributed by atoms with Gasteiger partial charge in [0.25, 0.3) is 5.91 Å². The van der Waals surface area contributed by atoms with Crippen LogP contribution in [0.1, 0.15) is 58.8 Å². The van der Waals surface area contributed by atoms with Gasteiger partial charge in [0.05, 0.1) is 16.7 Å². The van der Waals surface area contributed by atoms with Crippen LogP contribution < -0.4 is 0 Å². The molecule has 0 radical (unpaired) electrons. The van der Waals surface area contributed by atoms with Crippen LogP contribution in [-0.2, 0) is 4.74 Å². The molecule has 1 aromatic heterocycles. The maximum atomic E-state index is 13.3. The Hall–Kier alpha value is -1.98. The van der Waals surface area contributed by atoms with Gasteiger partial charge in [-0.2, -0.15) is 0 Å². The third-order valence-electron chi connectivity index (χ3n) is 5.80. The molecule has 2 heterocycles. The minimum Gasteiger partial charge on any atom is -0.388 e. The van der Waals surface area contributed by atoms with Gasteiger partial charge < -0.3 is 14.7 Å². The van der Waals surface area contributed by atoms with Crippen molar-refractivity contribution in [3.63, 3.8) is 0 Å². The number of aromatic nitrogens is 1. The lowest BCUT2D eigenvalue weighted by atomic mass is 9.93. The molecule has 2 fully saturated rings. The van der Waals surface area contributed by atoms with Gasteiger partial charge in [-0.15, -0.1) is 0 Å². The van der Waals surface area contributed by atoms with E-state index in [2.05, 4.69) is 19.1 Å². The minimum absolute atomic E-state index is 0.0470. The Morgan fingerprint density at radius 1 is 1.26 bits per heavy atom. The first-order valence-corrected chi connectivity index (χ1v) is 9.84. The Labute approximate surface area is 160 Å². The van der Waals surface area contributed by atoms with E-state index in [-0.39, 0.29) is 5.91 Å². The number of likely N-dealkylation sites (N-methyl/N-ethyl adjacent to an activating group) is 1. The number of benzene rings is 1. The lowest BCUT2D eigenvalue weighted by Crippen LogP contribution is -2.47. The predicted molar refractivity (Wildman–Crippen MR) is 105 cm³/mol. The number of hydrogen-bond donors (Lipinski definition) is 1. The van der Waals surface area contributed by atoms with Crippen molar-refractivity contribution in [1.29, 1.82) is 0 Å². The van der Waals surface area contributed by atoms with Gasteiger partial charge in [-0.25, -0.2) is 0 Å². The fraction of sp³-hybridized carbons (Fsp3) is 0.545. The number of fused-ring (bicyclic) bond motifs is 1. The van der Waals surface area contributed by atoms with Crippen LogP contribution in [0, 0.1) is 13.8 Å². The second-order valence-electron chi connectivity index (χ2n) is 8.34. The fourth-order valence-corrected chi connectivity index (χ4v) is 4.09. The van der Waals surface area contributed by atoms with Crippen molar-refractivity contribution >= 4 is 16.8 Å². The van der Waals surface area contributed by atoms with Crippen LogP contribution in [-0.4, -0.2) is 53.3 Å². The molecule has 1 aliphatic heterocycles. The molecule has 5 nitrogen and oxygen atoms in total. The van der Waals surface area contributed by atoms with E-state index < -0.39 is 5.60 Å². The Morgan fingerprint density at radius 3 is 2.63 bits per heavy atom. The topological polar surface area (TPSA) is 62.7 Å². The Kier molecular flexibility index (Phi) is 4.68. The van der Waals surface area contributed by atoms with Gasteiger partial charge >= 0.3 is 0 Å². The summed E-state index contributed by atoms with van der Waals surface area (Å²) in [6, 6.07) is 6.15. The first kappa shape index (κ1) is 18.4. The van der Waals surface area contributed by atoms with Crippen molar-refractivity contribution in [2.75, 3.05) is 26.8 Å². The molecule has 0 bridgehead atoms. The van der Waals surface area contributed by atoms with E-state index in [1.807, 2.05) is 13.0 Å². The number of carbonyl (C=O) groups is 1. The van der Waals surface area contributed by atoms with Crippen LogP contribution in [0.3, 0.4) is 0 Å². The Morgan fingerprint density at radius 2 is 1.96 bits per heavy atom. The Bertz CT molecular complexity index is 883.